The quantitative estimate of drug-likeness (QED) is 0.480. The predicted molar refractivity (Wildman–Crippen MR) is 105 cm³/mol. The summed E-state index contributed by atoms with van der Waals surface area (Å²) < 4.78 is 66.6. The number of pyridine rings is 1. The Morgan fingerprint density at radius 1 is 0.931 bits per heavy atom. The number of rotatable bonds is 4. The van der Waals surface area contributed by atoms with E-state index in [1.165, 1.54) is 29.5 Å². The summed E-state index contributed by atoms with van der Waals surface area (Å²) in [5, 5.41) is 0.704. The lowest BCUT2D eigenvalue weighted by atomic mass is 10.2. The molecule has 0 aliphatic rings. The van der Waals surface area contributed by atoms with Gasteiger partial charge in [-0.1, -0.05) is 23.5 Å². The molecule has 2 aromatic carbocycles. The van der Waals surface area contributed by atoms with E-state index in [4.69, 9.17) is 0 Å². The van der Waals surface area contributed by atoms with Gasteiger partial charge < -0.3 is 0 Å². The zero-order valence-corrected chi connectivity index (χ0v) is 16.1. The number of halogens is 3. The molecule has 2 heterocycles. The smallest absolute Gasteiger partial charge is 0.280 e. The Bertz CT molecular complexity index is 1250. The number of hydrogen-bond donors (Lipinski definition) is 1. The maximum absolute atomic E-state index is 13.1. The molecule has 10 heteroatoms. The van der Waals surface area contributed by atoms with Crippen LogP contribution in [0.5, 0.6) is 0 Å². The van der Waals surface area contributed by atoms with Gasteiger partial charge in [-0.25, -0.2) is 18.4 Å². The molecule has 0 radical (unpaired) electrons. The number of alkyl halides is 3. The highest BCUT2D eigenvalue weighted by atomic mass is 32.2. The third kappa shape index (κ3) is 3.94. The summed E-state index contributed by atoms with van der Waals surface area (Å²) in [5.74, 6) is 0. The molecular weight excluding hydrogens is 423 g/mol. The van der Waals surface area contributed by atoms with Crippen molar-refractivity contribution in [1.82, 2.24) is 9.97 Å². The molecule has 0 aliphatic carbocycles. The first-order valence-electron chi connectivity index (χ1n) is 8.25. The minimum atomic E-state index is -4.78. The lowest BCUT2D eigenvalue weighted by Gasteiger charge is -2.14. The summed E-state index contributed by atoms with van der Waals surface area (Å²) in [6.45, 7) is 0. The van der Waals surface area contributed by atoms with Crippen molar-refractivity contribution >= 4 is 37.4 Å². The lowest BCUT2D eigenvalue weighted by molar-refractivity contribution is -0.139. The van der Waals surface area contributed by atoms with E-state index in [0.717, 1.165) is 34.1 Å². The molecule has 5 nitrogen and oxygen atoms in total. The minimum absolute atomic E-state index is 0.143. The Morgan fingerprint density at radius 2 is 1.66 bits per heavy atom. The van der Waals surface area contributed by atoms with Gasteiger partial charge in [-0.15, -0.1) is 0 Å². The molecule has 0 atom stereocenters. The second-order valence-corrected chi connectivity index (χ2v) is 8.65. The van der Waals surface area contributed by atoms with E-state index in [1.807, 2.05) is 6.07 Å². The van der Waals surface area contributed by atoms with Crippen LogP contribution < -0.4 is 4.72 Å². The zero-order valence-electron chi connectivity index (χ0n) is 14.5. The molecule has 0 unspecified atom stereocenters. The first kappa shape index (κ1) is 19.3. The molecule has 0 spiro atoms. The monoisotopic (exact) mass is 435 g/mol. The van der Waals surface area contributed by atoms with E-state index < -0.39 is 26.7 Å². The number of sulfonamides is 1. The van der Waals surface area contributed by atoms with Gasteiger partial charge in [-0.2, -0.15) is 13.2 Å². The van der Waals surface area contributed by atoms with Crippen LogP contribution in [0.15, 0.2) is 71.8 Å². The summed E-state index contributed by atoms with van der Waals surface area (Å²) in [6, 6.07) is 13.9. The van der Waals surface area contributed by atoms with Crippen molar-refractivity contribution in [2.75, 3.05) is 4.72 Å². The number of nitrogens with zero attached hydrogens (tertiary/aromatic N) is 2. The van der Waals surface area contributed by atoms with Crippen LogP contribution in [0.1, 0.15) is 5.56 Å². The van der Waals surface area contributed by atoms with Crippen LogP contribution in [-0.4, -0.2) is 18.4 Å². The highest BCUT2D eigenvalue weighted by Gasteiger charge is 2.36. The van der Waals surface area contributed by atoms with E-state index in [2.05, 4.69) is 14.7 Å². The van der Waals surface area contributed by atoms with Crippen molar-refractivity contribution in [3.8, 4) is 10.6 Å². The van der Waals surface area contributed by atoms with Crippen molar-refractivity contribution < 1.29 is 21.6 Å². The molecule has 148 valence electrons. The first-order valence-corrected chi connectivity index (χ1v) is 10.5. The van der Waals surface area contributed by atoms with Crippen LogP contribution in [0.2, 0.25) is 0 Å². The van der Waals surface area contributed by atoms with Gasteiger partial charge in [0.1, 0.15) is 15.4 Å². The van der Waals surface area contributed by atoms with Crippen molar-refractivity contribution in [2.24, 2.45) is 0 Å². The maximum atomic E-state index is 13.1. The standard InChI is InChI=1S/C19H12F3N3O2S2/c20-19(21,22)14-4-1-2-6-16(14)29(26,27)25-13-9-7-12(8-10-13)17-24-15-5-3-11-23-18(15)28-17/h1-11,25H. The second-order valence-electron chi connectivity index (χ2n) is 6.02. The van der Waals surface area contributed by atoms with Crippen LogP contribution in [0.3, 0.4) is 0 Å². The van der Waals surface area contributed by atoms with Crippen molar-refractivity contribution in [3.05, 3.63) is 72.4 Å². The van der Waals surface area contributed by atoms with Crippen LogP contribution in [0, 0.1) is 0 Å². The first-order chi connectivity index (χ1) is 13.7. The molecule has 0 saturated carbocycles. The fraction of sp³-hybridized carbons (Fsp3) is 0.0526. The Balaban J connectivity index is 1.62. The molecule has 0 bridgehead atoms. The normalized spacial score (nSPS) is 12.2. The van der Waals surface area contributed by atoms with Gasteiger partial charge in [0.15, 0.2) is 0 Å². The maximum Gasteiger partial charge on any atom is 0.417 e. The fourth-order valence-electron chi connectivity index (χ4n) is 2.72. The predicted octanol–water partition coefficient (Wildman–Crippen LogP) is 5.18. The summed E-state index contributed by atoms with van der Waals surface area (Å²) in [7, 11) is -4.42. The second kappa shape index (κ2) is 7.12. The Hall–Kier alpha value is -2.98. The van der Waals surface area contributed by atoms with Gasteiger partial charge in [0.25, 0.3) is 10.0 Å². The highest BCUT2D eigenvalue weighted by Crippen LogP contribution is 2.35. The molecule has 4 rings (SSSR count). The lowest BCUT2D eigenvalue weighted by Crippen LogP contribution is -2.18. The van der Waals surface area contributed by atoms with Crippen molar-refractivity contribution in [1.29, 1.82) is 0 Å². The minimum Gasteiger partial charge on any atom is -0.280 e. The van der Waals surface area contributed by atoms with E-state index in [9.17, 15) is 21.6 Å². The molecule has 1 N–H and O–H groups in total. The molecule has 0 aliphatic heterocycles. The molecule has 0 fully saturated rings. The third-order valence-corrected chi connectivity index (χ3v) is 6.50. The van der Waals surface area contributed by atoms with Gasteiger partial charge in [-0.05, 0) is 48.5 Å². The number of thiazole rings is 1. The van der Waals surface area contributed by atoms with Crippen LogP contribution >= 0.6 is 11.3 Å². The SMILES string of the molecule is O=S(=O)(Nc1ccc(-c2nc3cccnc3s2)cc1)c1ccccc1C(F)(F)F. The summed E-state index contributed by atoms with van der Waals surface area (Å²) in [5.41, 5.74) is 0.420. The van der Waals surface area contributed by atoms with Gasteiger partial charge in [0.05, 0.1) is 10.5 Å². The largest absolute Gasteiger partial charge is 0.417 e. The molecule has 2 aromatic heterocycles. The van der Waals surface area contributed by atoms with Crippen LogP contribution in [0.25, 0.3) is 20.9 Å². The van der Waals surface area contributed by atoms with Gasteiger partial charge in [-0.3, -0.25) is 4.72 Å². The van der Waals surface area contributed by atoms with E-state index in [0.29, 0.717) is 5.01 Å². The average molecular weight is 435 g/mol. The molecule has 29 heavy (non-hydrogen) atoms. The van der Waals surface area contributed by atoms with Gasteiger partial charge in [0, 0.05) is 17.4 Å². The van der Waals surface area contributed by atoms with Crippen molar-refractivity contribution in [3.63, 3.8) is 0 Å². The summed E-state index contributed by atoms with van der Waals surface area (Å²) >= 11 is 1.39. The van der Waals surface area contributed by atoms with Gasteiger partial charge >= 0.3 is 6.18 Å². The molecule has 4 aromatic rings. The number of hydrogen-bond acceptors (Lipinski definition) is 5. The Labute approximate surface area is 167 Å². The number of anilines is 1. The number of aromatic nitrogens is 2. The van der Waals surface area contributed by atoms with E-state index >= 15 is 0 Å². The van der Waals surface area contributed by atoms with Gasteiger partial charge in [0.2, 0.25) is 0 Å². The Morgan fingerprint density at radius 3 is 2.34 bits per heavy atom. The topological polar surface area (TPSA) is 72.0 Å². The molecular formula is C19H12F3N3O2S2. The van der Waals surface area contributed by atoms with Crippen LogP contribution in [0.4, 0.5) is 18.9 Å². The molecule has 0 amide bonds. The van der Waals surface area contributed by atoms with Crippen LogP contribution in [-0.2, 0) is 16.2 Å². The van der Waals surface area contributed by atoms with E-state index in [-0.39, 0.29) is 5.69 Å². The van der Waals surface area contributed by atoms with Crippen molar-refractivity contribution in [2.45, 2.75) is 11.1 Å². The summed E-state index contributed by atoms with van der Waals surface area (Å²) in [6.07, 6.45) is -3.11. The number of nitrogens with one attached hydrogen (secondary N) is 1. The Kier molecular flexibility index (Phi) is 4.75. The fourth-order valence-corrected chi connectivity index (χ4v) is 4.92. The highest BCUT2D eigenvalue weighted by molar-refractivity contribution is 7.92. The average Bonchev–Trinajstić information content (AvgIpc) is 3.12. The number of fused-ring (bicyclic) bond motifs is 1. The summed E-state index contributed by atoms with van der Waals surface area (Å²) in [4.78, 5) is 8.64. The number of benzene rings is 2. The molecule has 0 saturated heterocycles. The van der Waals surface area contributed by atoms with E-state index in [1.54, 1.807) is 24.4 Å². The zero-order chi connectivity index (χ0) is 20.6. The third-order valence-electron chi connectivity index (χ3n) is 4.03.